The summed E-state index contributed by atoms with van der Waals surface area (Å²) >= 11 is 0. The Bertz CT molecular complexity index is 345. The first-order valence-corrected chi connectivity index (χ1v) is 6.37. The second-order valence-corrected chi connectivity index (χ2v) is 6.43. The zero-order chi connectivity index (χ0) is 14.1. The van der Waals surface area contributed by atoms with E-state index in [-0.39, 0.29) is 23.9 Å². The lowest BCUT2D eigenvalue weighted by atomic mass is 9.97. The Labute approximate surface area is 110 Å². The van der Waals surface area contributed by atoms with Crippen molar-refractivity contribution in [2.75, 3.05) is 26.7 Å². The van der Waals surface area contributed by atoms with E-state index in [1.54, 1.807) is 30.7 Å². The highest BCUT2D eigenvalue weighted by Crippen LogP contribution is 2.21. The van der Waals surface area contributed by atoms with Crippen molar-refractivity contribution in [2.24, 2.45) is 0 Å². The first-order valence-electron chi connectivity index (χ1n) is 6.37. The fourth-order valence-electron chi connectivity index (χ4n) is 2.09. The molecule has 0 radical (unpaired) electrons. The molecule has 1 aliphatic heterocycles. The van der Waals surface area contributed by atoms with Crippen LogP contribution in [0.1, 0.15) is 34.6 Å². The minimum Gasteiger partial charge on any atom is -0.342 e. The van der Waals surface area contributed by atoms with Crippen LogP contribution in [0.15, 0.2) is 0 Å². The molecule has 1 fully saturated rings. The standard InChI is InChI=1S/C13H25N3O2/c1-12(2,3)14-9-10(17)16-8-7-15(6)11(18)13(16,4)5/h14H,7-9H2,1-6H3. The van der Waals surface area contributed by atoms with Crippen molar-refractivity contribution in [1.82, 2.24) is 15.1 Å². The largest absolute Gasteiger partial charge is 0.342 e. The summed E-state index contributed by atoms with van der Waals surface area (Å²) in [7, 11) is 1.78. The summed E-state index contributed by atoms with van der Waals surface area (Å²) in [6, 6.07) is 0. The second-order valence-electron chi connectivity index (χ2n) is 6.43. The van der Waals surface area contributed by atoms with Crippen LogP contribution in [0.4, 0.5) is 0 Å². The lowest BCUT2D eigenvalue weighted by Gasteiger charge is -2.45. The number of carbonyl (C=O) groups excluding carboxylic acids is 2. The Morgan fingerprint density at radius 1 is 1.33 bits per heavy atom. The maximum Gasteiger partial charge on any atom is 0.247 e. The van der Waals surface area contributed by atoms with Gasteiger partial charge in [-0.05, 0) is 34.6 Å². The third kappa shape index (κ3) is 3.22. The van der Waals surface area contributed by atoms with Gasteiger partial charge in [0.1, 0.15) is 5.54 Å². The van der Waals surface area contributed by atoms with Gasteiger partial charge in [-0.3, -0.25) is 9.59 Å². The summed E-state index contributed by atoms with van der Waals surface area (Å²) < 4.78 is 0. The van der Waals surface area contributed by atoms with Crippen LogP contribution in [0.5, 0.6) is 0 Å². The van der Waals surface area contributed by atoms with Gasteiger partial charge in [0.15, 0.2) is 0 Å². The molecule has 1 saturated heterocycles. The number of amides is 2. The van der Waals surface area contributed by atoms with E-state index in [9.17, 15) is 9.59 Å². The average molecular weight is 255 g/mol. The number of rotatable bonds is 2. The van der Waals surface area contributed by atoms with E-state index in [0.29, 0.717) is 13.1 Å². The van der Waals surface area contributed by atoms with Crippen LogP contribution in [0.3, 0.4) is 0 Å². The number of carbonyl (C=O) groups is 2. The quantitative estimate of drug-likeness (QED) is 0.779. The van der Waals surface area contributed by atoms with E-state index in [1.807, 2.05) is 20.8 Å². The average Bonchev–Trinajstić information content (AvgIpc) is 2.22. The van der Waals surface area contributed by atoms with Crippen molar-refractivity contribution in [3.05, 3.63) is 0 Å². The summed E-state index contributed by atoms with van der Waals surface area (Å²) in [5, 5.41) is 3.17. The van der Waals surface area contributed by atoms with Crippen molar-refractivity contribution < 1.29 is 9.59 Å². The molecule has 0 bridgehead atoms. The minimum absolute atomic E-state index is 0.00198. The summed E-state index contributed by atoms with van der Waals surface area (Å²) in [6.07, 6.45) is 0. The monoisotopic (exact) mass is 255 g/mol. The Hall–Kier alpha value is -1.10. The molecule has 1 aliphatic rings. The Balaban J connectivity index is 2.71. The van der Waals surface area contributed by atoms with Crippen molar-refractivity contribution in [2.45, 2.75) is 45.7 Å². The van der Waals surface area contributed by atoms with E-state index >= 15 is 0 Å². The van der Waals surface area contributed by atoms with Crippen LogP contribution in [-0.4, -0.2) is 59.4 Å². The van der Waals surface area contributed by atoms with Gasteiger partial charge in [0, 0.05) is 25.7 Å². The van der Waals surface area contributed by atoms with Gasteiger partial charge in [-0.2, -0.15) is 0 Å². The fraction of sp³-hybridized carbons (Fsp3) is 0.846. The van der Waals surface area contributed by atoms with Crippen molar-refractivity contribution in [3.8, 4) is 0 Å². The number of nitrogens with zero attached hydrogens (tertiary/aromatic N) is 2. The molecule has 18 heavy (non-hydrogen) atoms. The molecule has 5 heteroatoms. The number of nitrogens with one attached hydrogen (secondary N) is 1. The molecular weight excluding hydrogens is 230 g/mol. The van der Waals surface area contributed by atoms with Gasteiger partial charge < -0.3 is 15.1 Å². The van der Waals surface area contributed by atoms with E-state index in [0.717, 1.165) is 0 Å². The molecule has 1 heterocycles. The zero-order valence-corrected chi connectivity index (χ0v) is 12.3. The lowest BCUT2D eigenvalue weighted by Crippen LogP contribution is -2.65. The zero-order valence-electron chi connectivity index (χ0n) is 12.3. The molecule has 0 aromatic heterocycles. The van der Waals surface area contributed by atoms with E-state index in [4.69, 9.17) is 0 Å². The van der Waals surface area contributed by atoms with Gasteiger partial charge in [-0.15, -0.1) is 0 Å². The van der Waals surface area contributed by atoms with Crippen LogP contribution in [0, 0.1) is 0 Å². The molecule has 5 nitrogen and oxygen atoms in total. The van der Waals surface area contributed by atoms with Gasteiger partial charge in [0.05, 0.1) is 6.54 Å². The Morgan fingerprint density at radius 3 is 2.39 bits per heavy atom. The highest BCUT2D eigenvalue weighted by Gasteiger charge is 2.42. The van der Waals surface area contributed by atoms with Crippen molar-refractivity contribution in [1.29, 1.82) is 0 Å². The third-order valence-electron chi connectivity index (χ3n) is 3.27. The number of likely N-dealkylation sites (N-methyl/N-ethyl adjacent to an activating group) is 1. The first-order chi connectivity index (χ1) is 8.05. The molecule has 1 rings (SSSR count). The van der Waals surface area contributed by atoms with E-state index in [2.05, 4.69) is 5.32 Å². The molecule has 0 unspecified atom stereocenters. The highest BCUT2D eigenvalue weighted by molar-refractivity contribution is 5.92. The van der Waals surface area contributed by atoms with Gasteiger partial charge in [0.2, 0.25) is 11.8 Å². The molecule has 104 valence electrons. The van der Waals surface area contributed by atoms with Gasteiger partial charge in [-0.25, -0.2) is 0 Å². The van der Waals surface area contributed by atoms with Crippen molar-refractivity contribution >= 4 is 11.8 Å². The normalized spacial score (nSPS) is 20.2. The van der Waals surface area contributed by atoms with Crippen LogP contribution >= 0.6 is 0 Å². The number of hydrogen-bond acceptors (Lipinski definition) is 3. The molecule has 1 N–H and O–H groups in total. The van der Waals surface area contributed by atoms with Crippen molar-refractivity contribution in [3.63, 3.8) is 0 Å². The number of piperazine rings is 1. The molecular formula is C13H25N3O2. The topological polar surface area (TPSA) is 52.6 Å². The summed E-state index contributed by atoms with van der Waals surface area (Å²) in [6.45, 7) is 11.1. The van der Waals surface area contributed by atoms with Crippen LogP contribution in [-0.2, 0) is 9.59 Å². The smallest absolute Gasteiger partial charge is 0.247 e. The molecule has 0 aliphatic carbocycles. The Morgan fingerprint density at radius 2 is 1.89 bits per heavy atom. The lowest BCUT2D eigenvalue weighted by molar-refractivity contribution is -0.156. The maximum absolute atomic E-state index is 12.2. The predicted molar refractivity (Wildman–Crippen MR) is 71.2 cm³/mol. The number of hydrogen-bond donors (Lipinski definition) is 1. The van der Waals surface area contributed by atoms with E-state index in [1.165, 1.54) is 0 Å². The summed E-state index contributed by atoms with van der Waals surface area (Å²) in [5.74, 6) is -0.0192. The molecule has 0 aromatic carbocycles. The van der Waals surface area contributed by atoms with Crippen LogP contribution in [0.2, 0.25) is 0 Å². The van der Waals surface area contributed by atoms with Gasteiger partial charge in [0.25, 0.3) is 0 Å². The van der Waals surface area contributed by atoms with Crippen LogP contribution < -0.4 is 5.32 Å². The molecule has 0 aromatic rings. The molecule has 2 amide bonds. The maximum atomic E-state index is 12.2. The molecule has 0 spiro atoms. The highest BCUT2D eigenvalue weighted by atomic mass is 16.2. The summed E-state index contributed by atoms with van der Waals surface area (Å²) in [4.78, 5) is 27.6. The fourth-order valence-corrected chi connectivity index (χ4v) is 2.09. The predicted octanol–water partition coefficient (Wildman–Crippen LogP) is 0.454. The second kappa shape index (κ2) is 4.88. The molecule has 0 atom stereocenters. The minimum atomic E-state index is -0.746. The van der Waals surface area contributed by atoms with Gasteiger partial charge >= 0.3 is 0 Å². The summed E-state index contributed by atoms with van der Waals surface area (Å²) in [5.41, 5.74) is -0.847. The van der Waals surface area contributed by atoms with Crippen LogP contribution in [0.25, 0.3) is 0 Å². The first kappa shape index (κ1) is 15.0. The SMILES string of the molecule is CN1CCN(C(=O)CNC(C)(C)C)C(C)(C)C1=O. The Kier molecular flexibility index (Phi) is 4.05. The van der Waals surface area contributed by atoms with E-state index < -0.39 is 5.54 Å². The van der Waals surface area contributed by atoms with Gasteiger partial charge in [-0.1, -0.05) is 0 Å². The molecule has 0 saturated carbocycles. The third-order valence-corrected chi connectivity index (χ3v) is 3.27.